The summed E-state index contributed by atoms with van der Waals surface area (Å²) in [5, 5.41) is 0.283. The summed E-state index contributed by atoms with van der Waals surface area (Å²) in [6.45, 7) is 3.98. The summed E-state index contributed by atoms with van der Waals surface area (Å²) in [5.74, 6) is 0.504. The van der Waals surface area contributed by atoms with Gasteiger partial charge in [0.25, 0.3) is 0 Å². The third kappa shape index (κ3) is 3.39. The van der Waals surface area contributed by atoms with Crippen LogP contribution in [-0.2, 0) is 9.84 Å². The van der Waals surface area contributed by atoms with Crippen LogP contribution in [0.25, 0.3) is 0 Å². The van der Waals surface area contributed by atoms with Gasteiger partial charge in [0.1, 0.15) is 0 Å². The van der Waals surface area contributed by atoms with Gasteiger partial charge >= 0.3 is 0 Å². The second-order valence-electron chi connectivity index (χ2n) is 4.18. The molecule has 0 heterocycles. The van der Waals surface area contributed by atoms with Gasteiger partial charge in [0.05, 0.1) is 21.4 Å². The summed E-state index contributed by atoms with van der Waals surface area (Å²) in [6.07, 6.45) is 0.643. The van der Waals surface area contributed by atoms with Crippen molar-refractivity contribution in [3.63, 3.8) is 0 Å². The molecule has 3 nitrogen and oxygen atoms in total. The number of hydrogen-bond donors (Lipinski definition) is 1. The molecule has 1 aromatic rings. The van der Waals surface area contributed by atoms with E-state index < -0.39 is 9.84 Å². The van der Waals surface area contributed by atoms with Gasteiger partial charge in [-0.1, -0.05) is 25.4 Å². The minimum absolute atomic E-state index is 0.144. The molecule has 0 aliphatic heterocycles. The molecule has 2 N–H and O–H groups in total. The topological polar surface area (TPSA) is 60.2 Å². The Balaban J connectivity index is 2.94. The lowest BCUT2D eigenvalue weighted by atomic mass is 10.2. The smallest absolute Gasteiger partial charge is 0.178 e. The van der Waals surface area contributed by atoms with Crippen LogP contribution < -0.4 is 5.73 Å². The Morgan fingerprint density at radius 1 is 1.38 bits per heavy atom. The first-order valence-electron chi connectivity index (χ1n) is 5.10. The standard InChI is InChI=1S/C11H16ClNO2S/c1-8(2)5-6-16(14,15)9-3-4-11(13)10(12)7-9/h3-4,7-8H,5-6,13H2,1-2H3. The third-order valence-electron chi connectivity index (χ3n) is 2.29. The average Bonchev–Trinajstić information content (AvgIpc) is 2.19. The van der Waals surface area contributed by atoms with E-state index in [1.807, 2.05) is 13.8 Å². The van der Waals surface area contributed by atoms with E-state index in [4.69, 9.17) is 17.3 Å². The molecule has 0 unspecified atom stereocenters. The molecule has 0 aromatic heterocycles. The minimum Gasteiger partial charge on any atom is -0.398 e. The predicted octanol–water partition coefficient (Wildman–Crippen LogP) is 2.74. The highest BCUT2D eigenvalue weighted by molar-refractivity contribution is 7.91. The van der Waals surface area contributed by atoms with Gasteiger partial charge in [-0.2, -0.15) is 0 Å². The number of rotatable bonds is 4. The number of nitrogens with two attached hydrogens (primary N) is 1. The lowest BCUT2D eigenvalue weighted by Gasteiger charge is -2.07. The van der Waals surface area contributed by atoms with Crippen LogP contribution in [0.5, 0.6) is 0 Å². The van der Waals surface area contributed by atoms with Crippen LogP contribution in [0.4, 0.5) is 5.69 Å². The maximum Gasteiger partial charge on any atom is 0.178 e. The molecule has 0 saturated heterocycles. The molecular weight excluding hydrogens is 246 g/mol. The molecule has 0 aliphatic rings. The number of sulfone groups is 1. The van der Waals surface area contributed by atoms with E-state index >= 15 is 0 Å². The zero-order chi connectivity index (χ0) is 12.3. The van der Waals surface area contributed by atoms with E-state index in [-0.39, 0.29) is 15.7 Å². The highest BCUT2D eigenvalue weighted by Gasteiger charge is 2.15. The van der Waals surface area contributed by atoms with Gasteiger partial charge in [-0.15, -0.1) is 0 Å². The average molecular weight is 262 g/mol. The SMILES string of the molecule is CC(C)CCS(=O)(=O)c1ccc(N)c(Cl)c1. The largest absolute Gasteiger partial charge is 0.398 e. The van der Waals surface area contributed by atoms with Gasteiger partial charge in [0.15, 0.2) is 9.84 Å². The quantitative estimate of drug-likeness (QED) is 0.848. The molecule has 0 amide bonds. The van der Waals surface area contributed by atoms with Crippen molar-refractivity contribution in [3.05, 3.63) is 23.2 Å². The highest BCUT2D eigenvalue weighted by atomic mass is 35.5. The van der Waals surface area contributed by atoms with Crippen molar-refractivity contribution in [2.45, 2.75) is 25.2 Å². The van der Waals surface area contributed by atoms with Gasteiger partial charge in [0.2, 0.25) is 0 Å². The van der Waals surface area contributed by atoms with Gasteiger partial charge in [0, 0.05) is 0 Å². The van der Waals surface area contributed by atoms with E-state index in [2.05, 4.69) is 0 Å². The molecule has 5 heteroatoms. The van der Waals surface area contributed by atoms with Gasteiger partial charge < -0.3 is 5.73 Å². The maximum absolute atomic E-state index is 11.9. The second kappa shape index (κ2) is 5.06. The monoisotopic (exact) mass is 261 g/mol. The molecule has 1 rings (SSSR count). The van der Waals surface area contributed by atoms with Gasteiger partial charge in [-0.3, -0.25) is 0 Å². The molecular formula is C11H16ClNO2S. The van der Waals surface area contributed by atoms with Crippen molar-refractivity contribution in [3.8, 4) is 0 Å². The van der Waals surface area contributed by atoms with Crippen molar-refractivity contribution in [2.75, 3.05) is 11.5 Å². The number of hydrogen-bond acceptors (Lipinski definition) is 3. The normalized spacial score (nSPS) is 12.0. The summed E-state index contributed by atoms with van der Waals surface area (Å²) in [5.41, 5.74) is 5.92. The van der Waals surface area contributed by atoms with Crippen LogP contribution in [0.1, 0.15) is 20.3 Å². The molecule has 0 saturated carbocycles. The molecule has 90 valence electrons. The van der Waals surface area contributed by atoms with E-state index in [1.54, 1.807) is 0 Å². The molecule has 0 atom stereocenters. The fraction of sp³-hybridized carbons (Fsp3) is 0.455. The number of anilines is 1. The maximum atomic E-state index is 11.9. The number of halogens is 1. The third-order valence-corrected chi connectivity index (χ3v) is 4.37. The van der Waals surface area contributed by atoms with E-state index in [9.17, 15) is 8.42 Å². The van der Waals surface area contributed by atoms with E-state index in [1.165, 1.54) is 18.2 Å². The fourth-order valence-electron chi connectivity index (χ4n) is 1.21. The summed E-state index contributed by atoms with van der Waals surface area (Å²) in [7, 11) is -3.23. The van der Waals surface area contributed by atoms with Crippen LogP contribution in [0.3, 0.4) is 0 Å². The minimum atomic E-state index is -3.23. The van der Waals surface area contributed by atoms with Crippen LogP contribution in [-0.4, -0.2) is 14.2 Å². The molecule has 0 spiro atoms. The van der Waals surface area contributed by atoms with Crippen LogP contribution >= 0.6 is 11.6 Å². The van der Waals surface area contributed by atoms with Gasteiger partial charge in [-0.25, -0.2) is 8.42 Å². The molecule has 16 heavy (non-hydrogen) atoms. The Morgan fingerprint density at radius 2 is 2.00 bits per heavy atom. The van der Waals surface area contributed by atoms with Crippen LogP contribution in [0.2, 0.25) is 5.02 Å². The lowest BCUT2D eigenvalue weighted by Crippen LogP contribution is -2.09. The molecule has 0 radical (unpaired) electrons. The zero-order valence-electron chi connectivity index (χ0n) is 9.40. The number of nitrogen functional groups attached to an aromatic ring is 1. The van der Waals surface area contributed by atoms with Crippen LogP contribution in [0.15, 0.2) is 23.1 Å². The Kier molecular flexibility index (Phi) is 4.21. The first-order chi connectivity index (χ1) is 7.33. The van der Waals surface area contributed by atoms with E-state index in [0.717, 1.165) is 0 Å². The summed E-state index contributed by atoms with van der Waals surface area (Å²) in [4.78, 5) is 0.243. The summed E-state index contributed by atoms with van der Waals surface area (Å²) in [6, 6.07) is 4.42. The first kappa shape index (κ1) is 13.3. The van der Waals surface area contributed by atoms with E-state index in [0.29, 0.717) is 18.0 Å². The summed E-state index contributed by atoms with van der Waals surface area (Å²) >= 11 is 5.79. The Bertz CT molecular complexity index is 469. The van der Waals surface area contributed by atoms with Crippen molar-refractivity contribution >= 4 is 27.1 Å². The fourth-order valence-corrected chi connectivity index (χ4v) is 3.05. The van der Waals surface area contributed by atoms with Crippen molar-refractivity contribution in [1.82, 2.24) is 0 Å². The van der Waals surface area contributed by atoms with Crippen molar-refractivity contribution in [1.29, 1.82) is 0 Å². The Morgan fingerprint density at radius 3 is 2.50 bits per heavy atom. The van der Waals surface area contributed by atoms with Gasteiger partial charge in [-0.05, 0) is 30.5 Å². The molecule has 0 aliphatic carbocycles. The Hall–Kier alpha value is -0.740. The number of benzene rings is 1. The molecule has 0 fully saturated rings. The van der Waals surface area contributed by atoms with Crippen LogP contribution in [0, 0.1) is 5.92 Å². The Labute approximate surface area is 102 Å². The van der Waals surface area contributed by atoms with Crippen molar-refractivity contribution < 1.29 is 8.42 Å². The molecule has 0 bridgehead atoms. The lowest BCUT2D eigenvalue weighted by molar-refractivity contribution is 0.574. The summed E-state index contributed by atoms with van der Waals surface area (Å²) < 4.78 is 23.8. The zero-order valence-corrected chi connectivity index (χ0v) is 11.0. The first-order valence-corrected chi connectivity index (χ1v) is 7.14. The van der Waals surface area contributed by atoms with Crippen molar-refractivity contribution in [2.24, 2.45) is 5.92 Å². The highest BCUT2D eigenvalue weighted by Crippen LogP contribution is 2.23. The second-order valence-corrected chi connectivity index (χ2v) is 6.70. The predicted molar refractivity (Wildman–Crippen MR) is 67.4 cm³/mol. The molecule has 1 aromatic carbocycles.